The third kappa shape index (κ3) is 2.83. The lowest BCUT2D eigenvalue weighted by molar-refractivity contribution is 0.0702. The van der Waals surface area contributed by atoms with Crippen molar-refractivity contribution in [2.45, 2.75) is 0 Å². The minimum Gasteiger partial charge on any atom is -0.477 e. The molecule has 1 aromatic heterocycles. The van der Waals surface area contributed by atoms with Crippen molar-refractivity contribution in [3.63, 3.8) is 0 Å². The summed E-state index contributed by atoms with van der Waals surface area (Å²) in [6.07, 6.45) is 0. The molecule has 1 heterocycles. The Bertz CT molecular complexity index is 568. The lowest BCUT2D eigenvalue weighted by atomic mass is 10.3. The van der Waals surface area contributed by atoms with Gasteiger partial charge in [0, 0.05) is 0 Å². The summed E-state index contributed by atoms with van der Waals surface area (Å²) in [6.45, 7) is 0. The first kappa shape index (κ1) is 12.1. The first-order valence-corrected chi connectivity index (χ1v) is 6.13. The van der Waals surface area contributed by atoms with E-state index in [1.54, 1.807) is 6.07 Å². The minimum absolute atomic E-state index is 0.196. The maximum Gasteiger partial charge on any atom is 0.345 e. The number of carboxylic acid groups (broad SMARTS) is 1. The normalized spacial score (nSPS) is 10.2. The van der Waals surface area contributed by atoms with Crippen LogP contribution in [0.4, 0.5) is 4.39 Å². The van der Waals surface area contributed by atoms with Gasteiger partial charge in [-0.15, -0.1) is 0 Å². The van der Waals surface area contributed by atoms with Gasteiger partial charge >= 0.3 is 5.97 Å². The highest BCUT2D eigenvalue weighted by molar-refractivity contribution is 9.10. The Morgan fingerprint density at radius 3 is 2.71 bits per heavy atom. The first-order chi connectivity index (χ1) is 8.06. The summed E-state index contributed by atoms with van der Waals surface area (Å²) in [5.41, 5.74) is 0. The highest BCUT2D eigenvalue weighted by atomic mass is 79.9. The van der Waals surface area contributed by atoms with E-state index in [4.69, 9.17) is 9.84 Å². The van der Waals surface area contributed by atoms with E-state index in [2.05, 4.69) is 15.9 Å². The van der Waals surface area contributed by atoms with E-state index < -0.39 is 5.97 Å². The molecule has 3 nitrogen and oxygen atoms in total. The van der Waals surface area contributed by atoms with Gasteiger partial charge in [-0.2, -0.15) is 0 Å². The number of benzene rings is 1. The van der Waals surface area contributed by atoms with Crippen LogP contribution in [0.1, 0.15) is 9.67 Å². The Hall–Kier alpha value is -1.40. The summed E-state index contributed by atoms with van der Waals surface area (Å²) < 4.78 is 18.7. The summed E-state index contributed by atoms with van der Waals surface area (Å²) in [4.78, 5) is 10.9. The Balaban J connectivity index is 2.19. The number of hydrogen-bond donors (Lipinski definition) is 1. The first-order valence-electron chi connectivity index (χ1n) is 4.52. The summed E-state index contributed by atoms with van der Waals surface area (Å²) in [6, 6.07) is 7.24. The largest absolute Gasteiger partial charge is 0.477 e. The quantitative estimate of drug-likeness (QED) is 0.925. The van der Waals surface area contributed by atoms with Crippen LogP contribution in [-0.2, 0) is 0 Å². The van der Waals surface area contributed by atoms with Gasteiger partial charge in [-0.25, -0.2) is 9.18 Å². The fraction of sp³-hybridized carbons (Fsp3) is 0. The van der Waals surface area contributed by atoms with E-state index in [0.29, 0.717) is 15.3 Å². The molecule has 0 fully saturated rings. The van der Waals surface area contributed by atoms with E-state index in [1.165, 1.54) is 24.3 Å². The predicted octanol–water partition coefficient (Wildman–Crippen LogP) is 4.14. The van der Waals surface area contributed by atoms with Crippen molar-refractivity contribution in [1.29, 1.82) is 0 Å². The van der Waals surface area contributed by atoms with Gasteiger partial charge in [0.25, 0.3) is 0 Å². The van der Waals surface area contributed by atoms with Crippen LogP contribution in [0.3, 0.4) is 0 Å². The van der Waals surface area contributed by atoms with Crippen LogP contribution in [-0.4, -0.2) is 11.1 Å². The van der Waals surface area contributed by atoms with Crippen LogP contribution in [0, 0.1) is 5.82 Å². The number of thiophene rings is 1. The monoisotopic (exact) mass is 316 g/mol. The van der Waals surface area contributed by atoms with Gasteiger partial charge in [0.1, 0.15) is 16.4 Å². The number of carboxylic acids is 1. The molecule has 88 valence electrons. The molecule has 0 saturated carbocycles. The molecule has 1 aromatic carbocycles. The molecule has 0 saturated heterocycles. The average molecular weight is 317 g/mol. The number of rotatable bonds is 3. The molecule has 2 rings (SSSR count). The fourth-order valence-corrected chi connectivity index (χ4v) is 2.22. The van der Waals surface area contributed by atoms with Crippen molar-refractivity contribution >= 4 is 33.2 Å². The molecule has 0 unspecified atom stereocenters. The molecule has 0 aliphatic carbocycles. The number of hydrogen-bond acceptors (Lipinski definition) is 3. The minimum atomic E-state index is -0.995. The zero-order chi connectivity index (χ0) is 12.4. The van der Waals surface area contributed by atoms with Crippen molar-refractivity contribution in [2.75, 3.05) is 0 Å². The standard InChI is InChI=1S/C11H6BrFO3S/c12-7-5-6(1-2-8(7)13)16-10-4-3-9(17-10)11(14)15/h1-5H,(H,14,15). The van der Waals surface area contributed by atoms with E-state index in [-0.39, 0.29) is 10.7 Å². The van der Waals surface area contributed by atoms with Crippen molar-refractivity contribution < 1.29 is 19.0 Å². The molecule has 0 amide bonds. The van der Waals surface area contributed by atoms with Gasteiger partial charge in [0.05, 0.1) is 4.47 Å². The van der Waals surface area contributed by atoms with E-state index >= 15 is 0 Å². The van der Waals surface area contributed by atoms with Gasteiger partial charge in [-0.3, -0.25) is 0 Å². The van der Waals surface area contributed by atoms with E-state index in [9.17, 15) is 9.18 Å². The average Bonchev–Trinajstić information content (AvgIpc) is 2.72. The molecule has 0 aliphatic rings. The predicted molar refractivity (Wildman–Crippen MR) is 65.5 cm³/mol. The van der Waals surface area contributed by atoms with Crippen molar-refractivity contribution in [3.8, 4) is 10.8 Å². The van der Waals surface area contributed by atoms with E-state index in [1.807, 2.05) is 0 Å². The van der Waals surface area contributed by atoms with Gasteiger partial charge in [0.15, 0.2) is 5.06 Å². The van der Waals surface area contributed by atoms with Crippen molar-refractivity contribution in [3.05, 3.63) is 45.5 Å². The third-order valence-electron chi connectivity index (χ3n) is 1.90. The third-order valence-corrected chi connectivity index (χ3v) is 3.46. The highest BCUT2D eigenvalue weighted by Gasteiger charge is 2.09. The number of ether oxygens (including phenoxy) is 1. The summed E-state index contributed by atoms with van der Waals surface area (Å²) in [7, 11) is 0. The van der Waals surface area contributed by atoms with Gasteiger partial charge in [0.2, 0.25) is 0 Å². The van der Waals surface area contributed by atoms with Crippen LogP contribution in [0.2, 0.25) is 0 Å². The molecule has 0 radical (unpaired) electrons. The van der Waals surface area contributed by atoms with Crippen LogP contribution in [0.25, 0.3) is 0 Å². The number of carbonyl (C=O) groups is 1. The summed E-state index contributed by atoms with van der Waals surface area (Å²) >= 11 is 4.06. The SMILES string of the molecule is O=C(O)c1ccc(Oc2ccc(F)c(Br)c2)s1. The molecule has 0 aliphatic heterocycles. The Morgan fingerprint density at radius 2 is 2.12 bits per heavy atom. The molecule has 0 bridgehead atoms. The highest BCUT2D eigenvalue weighted by Crippen LogP contribution is 2.31. The molecular formula is C11H6BrFO3S. The molecular weight excluding hydrogens is 311 g/mol. The fourth-order valence-electron chi connectivity index (χ4n) is 1.15. The molecule has 17 heavy (non-hydrogen) atoms. The topological polar surface area (TPSA) is 46.5 Å². The maximum absolute atomic E-state index is 13.0. The van der Waals surface area contributed by atoms with Crippen LogP contribution < -0.4 is 4.74 Å². The lowest BCUT2D eigenvalue weighted by Gasteiger charge is -2.03. The van der Waals surface area contributed by atoms with Gasteiger partial charge < -0.3 is 9.84 Å². The zero-order valence-corrected chi connectivity index (χ0v) is 10.7. The second-order valence-electron chi connectivity index (χ2n) is 3.10. The lowest BCUT2D eigenvalue weighted by Crippen LogP contribution is -1.89. The summed E-state index contributed by atoms with van der Waals surface area (Å²) in [5, 5.41) is 9.19. The molecule has 0 spiro atoms. The van der Waals surface area contributed by atoms with E-state index in [0.717, 1.165) is 11.3 Å². The van der Waals surface area contributed by atoms with Crippen molar-refractivity contribution in [1.82, 2.24) is 0 Å². The molecule has 2 aromatic rings. The van der Waals surface area contributed by atoms with Crippen LogP contribution in [0.15, 0.2) is 34.8 Å². The Morgan fingerprint density at radius 1 is 1.35 bits per heavy atom. The van der Waals surface area contributed by atoms with Gasteiger partial charge in [-0.05, 0) is 46.3 Å². The molecule has 0 atom stereocenters. The smallest absolute Gasteiger partial charge is 0.345 e. The molecule has 1 N–H and O–H groups in total. The number of aromatic carboxylic acids is 1. The molecule has 6 heteroatoms. The number of halogens is 2. The van der Waals surface area contributed by atoms with Crippen molar-refractivity contribution in [2.24, 2.45) is 0 Å². The Labute approximate surface area is 109 Å². The Kier molecular flexibility index (Phi) is 3.44. The maximum atomic E-state index is 13.0. The van der Waals surface area contributed by atoms with Crippen LogP contribution >= 0.6 is 27.3 Å². The van der Waals surface area contributed by atoms with Gasteiger partial charge in [-0.1, -0.05) is 11.3 Å². The summed E-state index contributed by atoms with van der Waals surface area (Å²) in [5.74, 6) is -0.933. The van der Waals surface area contributed by atoms with Crippen LogP contribution in [0.5, 0.6) is 10.8 Å². The zero-order valence-electron chi connectivity index (χ0n) is 8.31. The second kappa shape index (κ2) is 4.85. The second-order valence-corrected chi connectivity index (χ2v) is 5.00.